The zero-order chi connectivity index (χ0) is 21.5. The Hall–Kier alpha value is -0.790. The molecule has 0 amide bonds. The summed E-state index contributed by atoms with van der Waals surface area (Å²) in [7, 11) is -4.97. The van der Waals surface area contributed by atoms with Gasteiger partial charge >= 0.3 is 26.1 Å². The van der Waals surface area contributed by atoms with Crippen molar-refractivity contribution >= 4 is 24.1 Å². The zero-order valence-corrected chi connectivity index (χ0v) is 14.9. The highest BCUT2D eigenvalue weighted by molar-refractivity contribution is 8.27. The van der Waals surface area contributed by atoms with Crippen LogP contribution in [0.3, 0.4) is 0 Å². The molecule has 0 bridgehead atoms. The Morgan fingerprint density at radius 2 is 1.41 bits per heavy atom. The van der Waals surface area contributed by atoms with Gasteiger partial charge in [0.2, 0.25) is 5.83 Å². The van der Waals surface area contributed by atoms with Crippen LogP contribution < -0.4 is 0 Å². The number of hydrogen-bond donors (Lipinski definition) is 0. The maximum atomic E-state index is 13.6. The minimum absolute atomic E-state index is 0.553. The Labute approximate surface area is 149 Å². The third-order valence-electron chi connectivity index (χ3n) is 2.87. The van der Waals surface area contributed by atoms with Gasteiger partial charge < -0.3 is 9.05 Å². The molecule has 0 unspecified atom stereocenters. The first kappa shape index (κ1) is 24.2. The van der Waals surface area contributed by atoms with Crippen LogP contribution in [0.4, 0.5) is 43.9 Å². The van der Waals surface area contributed by atoms with Crippen LogP contribution in [-0.4, -0.2) is 41.3 Å². The van der Waals surface area contributed by atoms with E-state index >= 15 is 0 Å². The number of halogens is 10. The number of alkyl halides is 9. The van der Waals surface area contributed by atoms with Crippen LogP contribution in [0.15, 0.2) is 16.5 Å². The van der Waals surface area contributed by atoms with E-state index < -0.39 is 72.2 Å². The maximum absolute atomic E-state index is 13.6. The molecule has 1 aliphatic rings. The van der Waals surface area contributed by atoms with Gasteiger partial charge in [-0.1, -0.05) is 11.8 Å². The van der Waals surface area contributed by atoms with Crippen molar-refractivity contribution in [3.63, 3.8) is 0 Å². The van der Waals surface area contributed by atoms with Crippen LogP contribution in [0.2, 0.25) is 0 Å². The van der Waals surface area contributed by atoms with Crippen LogP contribution in [-0.2, 0) is 13.6 Å². The molecule has 0 fully saturated rings. The second-order valence-corrected chi connectivity index (χ2v) is 8.11. The van der Waals surface area contributed by atoms with Crippen molar-refractivity contribution in [2.24, 2.45) is 4.99 Å². The lowest BCUT2D eigenvalue weighted by atomic mass is 10.0. The minimum Gasteiger partial charge on any atom is -0.304 e. The highest BCUT2D eigenvalue weighted by Crippen LogP contribution is 2.68. The molecular formula is C11H10F10NO3PS. The van der Waals surface area contributed by atoms with Crippen molar-refractivity contribution in [2.75, 3.05) is 13.2 Å². The summed E-state index contributed by atoms with van der Waals surface area (Å²) in [5.41, 5.74) is -3.02. The molecule has 0 aromatic carbocycles. The number of nitrogens with zero attached hydrogens (tertiary/aromatic N) is 1. The molecule has 1 aliphatic heterocycles. The summed E-state index contributed by atoms with van der Waals surface area (Å²) >= 11 is -1.40. The van der Waals surface area contributed by atoms with Crippen molar-refractivity contribution in [2.45, 2.75) is 37.1 Å². The van der Waals surface area contributed by atoms with Gasteiger partial charge in [-0.15, -0.1) is 0 Å². The monoisotopic (exact) mass is 457 g/mol. The standard InChI is InChI=1S/C11H10F10NO3PS/c1-3-24-26(23,25-4-2)7-22-6(5(12)9(13,14)15)8(27-7,10(16,17)18)11(19,20)21/h3-4H2,1-2H3/b6-5+. The summed E-state index contributed by atoms with van der Waals surface area (Å²) in [5.74, 6) is -3.72. The number of aliphatic imine (C=N–C) groups is 1. The second-order valence-electron chi connectivity index (χ2n) is 4.67. The van der Waals surface area contributed by atoms with Crippen LogP contribution in [0, 0.1) is 0 Å². The first-order valence-electron chi connectivity index (χ1n) is 6.76. The van der Waals surface area contributed by atoms with Gasteiger partial charge in [-0.05, 0) is 13.8 Å². The van der Waals surface area contributed by atoms with Crippen LogP contribution in [0.1, 0.15) is 13.8 Å². The molecule has 0 spiro atoms. The molecule has 1 rings (SSSR count). The zero-order valence-electron chi connectivity index (χ0n) is 13.2. The van der Waals surface area contributed by atoms with Gasteiger partial charge in [0.1, 0.15) is 5.70 Å². The quantitative estimate of drug-likeness (QED) is 0.378. The van der Waals surface area contributed by atoms with Gasteiger partial charge in [-0.25, -0.2) is 4.99 Å². The lowest BCUT2D eigenvalue weighted by Gasteiger charge is -2.33. The van der Waals surface area contributed by atoms with Crippen LogP contribution in [0.25, 0.3) is 0 Å². The Balaban J connectivity index is 3.87. The summed E-state index contributed by atoms with van der Waals surface area (Å²) in [6, 6.07) is 0. The van der Waals surface area contributed by atoms with Gasteiger partial charge in [-0.3, -0.25) is 4.57 Å². The van der Waals surface area contributed by atoms with Crippen molar-refractivity contribution in [3.05, 3.63) is 11.5 Å². The van der Waals surface area contributed by atoms with Gasteiger partial charge in [0.25, 0.3) is 4.75 Å². The Morgan fingerprint density at radius 1 is 1.00 bits per heavy atom. The van der Waals surface area contributed by atoms with E-state index in [0.29, 0.717) is 0 Å². The minimum atomic E-state index is -6.48. The van der Waals surface area contributed by atoms with Crippen LogP contribution in [0.5, 0.6) is 0 Å². The molecule has 1 heterocycles. The van der Waals surface area contributed by atoms with E-state index in [4.69, 9.17) is 0 Å². The summed E-state index contributed by atoms with van der Waals surface area (Å²) in [6.45, 7) is 1.17. The predicted octanol–water partition coefficient (Wildman–Crippen LogP) is 5.96. The second kappa shape index (κ2) is 7.56. The SMILES string of the molecule is CCOP(=O)(OCC)C1=N/C(=C(/F)C(F)(F)F)C(C(F)(F)F)(C(F)(F)F)S1. The number of allylic oxidation sites excluding steroid dienone is 1. The van der Waals surface area contributed by atoms with Gasteiger partial charge in [0.05, 0.1) is 13.2 Å². The van der Waals surface area contributed by atoms with Crippen molar-refractivity contribution < 1.29 is 57.5 Å². The van der Waals surface area contributed by atoms with E-state index in [2.05, 4.69) is 14.0 Å². The van der Waals surface area contributed by atoms with Crippen molar-refractivity contribution in [1.82, 2.24) is 0 Å². The summed E-state index contributed by atoms with van der Waals surface area (Å²) in [4.78, 5) is 0.776. The topological polar surface area (TPSA) is 47.9 Å². The molecule has 0 saturated carbocycles. The highest BCUT2D eigenvalue weighted by atomic mass is 32.2. The lowest BCUT2D eigenvalue weighted by Crippen LogP contribution is -2.54. The number of hydrogen-bond acceptors (Lipinski definition) is 5. The fraction of sp³-hybridized carbons (Fsp3) is 0.727. The lowest BCUT2D eigenvalue weighted by molar-refractivity contribution is -0.253. The Kier molecular flexibility index (Phi) is 6.79. The molecule has 16 heteroatoms. The maximum Gasteiger partial charge on any atom is 0.444 e. The van der Waals surface area contributed by atoms with Crippen LogP contribution >= 0.6 is 19.4 Å². The molecular weight excluding hydrogens is 447 g/mol. The first-order chi connectivity index (χ1) is 12.0. The van der Waals surface area contributed by atoms with E-state index in [1.807, 2.05) is 0 Å². The summed E-state index contributed by atoms with van der Waals surface area (Å²) in [6.07, 6.45) is -19.2. The largest absolute Gasteiger partial charge is 0.444 e. The van der Waals surface area contributed by atoms with Crippen molar-refractivity contribution in [1.29, 1.82) is 0 Å². The number of rotatable bonds is 5. The highest BCUT2D eigenvalue weighted by Gasteiger charge is 2.78. The van der Waals surface area contributed by atoms with E-state index in [1.54, 1.807) is 0 Å². The van der Waals surface area contributed by atoms with Crippen molar-refractivity contribution in [3.8, 4) is 0 Å². The molecule has 4 nitrogen and oxygen atoms in total. The van der Waals surface area contributed by atoms with E-state index in [-0.39, 0.29) is 0 Å². The van der Waals surface area contributed by atoms with Gasteiger partial charge in [-0.2, -0.15) is 43.9 Å². The normalized spacial score (nSPS) is 20.7. The first-order valence-corrected chi connectivity index (χ1v) is 9.12. The summed E-state index contributed by atoms with van der Waals surface area (Å²) in [5, 5.41) is 0. The third kappa shape index (κ3) is 4.30. The summed E-state index contributed by atoms with van der Waals surface area (Å²) < 4.78 is 147. The predicted molar refractivity (Wildman–Crippen MR) is 74.9 cm³/mol. The van der Waals surface area contributed by atoms with E-state index in [0.717, 1.165) is 13.8 Å². The average Bonchev–Trinajstić information content (AvgIpc) is 2.87. The van der Waals surface area contributed by atoms with E-state index in [9.17, 15) is 48.5 Å². The van der Waals surface area contributed by atoms with E-state index in [1.165, 1.54) is 0 Å². The molecule has 0 saturated heterocycles. The number of thioether (sulfide) groups is 1. The average molecular weight is 457 g/mol. The fourth-order valence-electron chi connectivity index (χ4n) is 1.87. The molecule has 158 valence electrons. The molecule has 0 N–H and O–H groups in total. The molecule has 0 aromatic heterocycles. The Morgan fingerprint density at radius 3 is 1.70 bits per heavy atom. The van der Waals surface area contributed by atoms with Gasteiger partial charge in [0.15, 0.2) is 4.78 Å². The molecule has 27 heavy (non-hydrogen) atoms. The molecule has 0 atom stereocenters. The molecule has 0 aromatic rings. The smallest absolute Gasteiger partial charge is 0.304 e. The van der Waals surface area contributed by atoms with Gasteiger partial charge in [0, 0.05) is 0 Å². The third-order valence-corrected chi connectivity index (χ3v) is 6.82. The molecule has 0 aliphatic carbocycles. The fourth-order valence-corrected chi connectivity index (χ4v) is 5.12. The Bertz CT molecular complexity index is 657. The molecule has 0 radical (unpaired) electrons.